The van der Waals surface area contributed by atoms with Gasteiger partial charge in [-0.2, -0.15) is 0 Å². The quantitative estimate of drug-likeness (QED) is 0.860. The Hall–Kier alpha value is -2.09. The van der Waals surface area contributed by atoms with Crippen LogP contribution in [0.5, 0.6) is 0 Å². The Kier molecular flexibility index (Phi) is 5.41. The number of benzene rings is 1. The normalized spacial score (nSPS) is 15.8. The van der Waals surface area contributed by atoms with Crippen molar-refractivity contribution >= 4 is 22.0 Å². The summed E-state index contributed by atoms with van der Waals surface area (Å²) in [5.74, 6) is 0.0276. The molecule has 138 valence electrons. The molecular weight excluding hydrogens is 342 g/mol. The molecule has 0 spiro atoms. The fourth-order valence-electron chi connectivity index (χ4n) is 2.54. The molecule has 1 aliphatic heterocycles. The van der Waals surface area contributed by atoms with Gasteiger partial charge in [0.1, 0.15) is 0 Å². The van der Waals surface area contributed by atoms with Crippen LogP contribution in [0, 0.1) is 12.3 Å². The predicted molar refractivity (Wildman–Crippen MR) is 94.5 cm³/mol. The van der Waals surface area contributed by atoms with Crippen molar-refractivity contribution in [3.8, 4) is 0 Å². The molecule has 1 aromatic rings. The first-order valence-electron chi connectivity index (χ1n) is 8.18. The lowest BCUT2D eigenvalue weighted by Crippen LogP contribution is -2.55. The van der Waals surface area contributed by atoms with Crippen LogP contribution >= 0.6 is 0 Å². The SMILES string of the molecule is Cc1ccc(S(=O)(=O)NC(=O)N2CCN(C(=O)C(C)(C)C)CC2)cc1. The molecule has 1 aromatic carbocycles. The van der Waals surface area contributed by atoms with Crippen LogP contribution in [0.25, 0.3) is 0 Å². The number of carbonyl (C=O) groups excluding carboxylic acids is 2. The number of rotatable bonds is 2. The number of carbonyl (C=O) groups is 2. The third kappa shape index (κ3) is 4.72. The van der Waals surface area contributed by atoms with Gasteiger partial charge >= 0.3 is 6.03 Å². The first-order valence-corrected chi connectivity index (χ1v) is 9.67. The van der Waals surface area contributed by atoms with E-state index in [9.17, 15) is 18.0 Å². The maximum absolute atomic E-state index is 12.3. The summed E-state index contributed by atoms with van der Waals surface area (Å²) in [5, 5.41) is 0. The summed E-state index contributed by atoms with van der Waals surface area (Å²) in [6.07, 6.45) is 0. The van der Waals surface area contributed by atoms with E-state index in [0.717, 1.165) is 5.56 Å². The average Bonchev–Trinajstić information content (AvgIpc) is 2.53. The third-order valence-electron chi connectivity index (χ3n) is 4.05. The highest BCUT2D eigenvalue weighted by molar-refractivity contribution is 7.90. The van der Waals surface area contributed by atoms with E-state index in [4.69, 9.17) is 0 Å². The van der Waals surface area contributed by atoms with Crippen molar-refractivity contribution in [1.29, 1.82) is 0 Å². The van der Waals surface area contributed by atoms with Crippen LogP contribution in [0.1, 0.15) is 26.3 Å². The number of hydrogen-bond acceptors (Lipinski definition) is 4. The van der Waals surface area contributed by atoms with Crippen LogP contribution in [0.4, 0.5) is 4.79 Å². The topological polar surface area (TPSA) is 86.8 Å². The number of nitrogens with zero attached hydrogens (tertiary/aromatic N) is 2. The first-order chi connectivity index (χ1) is 11.5. The number of hydrogen-bond donors (Lipinski definition) is 1. The lowest BCUT2D eigenvalue weighted by molar-refractivity contribution is -0.140. The van der Waals surface area contributed by atoms with Gasteiger partial charge in [-0.15, -0.1) is 0 Å². The minimum Gasteiger partial charge on any atom is -0.339 e. The van der Waals surface area contributed by atoms with Crippen molar-refractivity contribution in [3.05, 3.63) is 29.8 Å². The molecule has 7 nitrogen and oxygen atoms in total. The lowest BCUT2D eigenvalue weighted by Gasteiger charge is -2.37. The van der Waals surface area contributed by atoms with E-state index in [1.165, 1.54) is 17.0 Å². The van der Waals surface area contributed by atoms with Crippen LogP contribution in [0.2, 0.25) is 0 Å². The zero-order chi connectivity index (χ0) is 18.8. The zero-order valence-electron chi connectivity index (χ0n) is 15.1. The Morgan fingerprint density at radius 1 is 0.960 bits per heavy atom. The highest BCUT2D eigenvalue weighted by atomic mass is 32.2. The molecule has 0 aromatic heterocycles. The highest BCUT2D eigenvalue weighted by Crippen LogP contribution is 2.19. The zero-order valence-corrected chi connectivity index (χ0v) is 15.9. The van der Waals surface area contributed by atoms with Gasteiger partial charge in [0.05, 0.1) is 4.90 Å². The van der Waals surface area contributed by atoms with Crippen molar-refractivity contribution in [2.75, 3.05) is 26.2 Å². The molecule has 8 heteroatoms. The summed E-state index contributed by atoms with van der Waals surface area (Å²) < 4.78 is 26.6. The van der Waals surface area contributed by atoms with Gasteiger partial charge in [-0.05, 0) is 19.1 Å². The molecule has 0 saturated carbocycles. The molecule has 1 heterocycles. The van der Waals surface area contributed by atoms with E-state index in [0.29, 0.717) is 26.2 Å². The lowest BCUT2D eigenvalue weighted by atomic mass is 9.94. The second kappa shape index (κ2) is 7.03. The number of amides is 3. The van der Waals surface area contributed by atoms with E-state index in [-0.39, 0.29) is 10.8 Å². The maximum Gasteiger partial charge on any atom is 0.331 e. The van der Waals surface area contributed by atoms with Crippen molar-refractivity contribution in [2.24, 2.45) is 5.41 Å². The van der Waals surface area contributed by atoms with Crippen LogP contribution in [-0.2, 0) is 14.8 Å². The predicted octanol–water partition coefficient (Wildman–Crippen LogP) is 1.58. The summed E-state index contributed by atoms with van der Waals surface area (Å²) >= 11 is 0. The summed E-state index contributed by atoms with van der Waals surface area (Å²) in [5.41, 5.74) is 0.462. The minimum absolute atomic E-state index is 0.0276. The Morgan fingerprint density at radius 2 is 1.44 bits per heavy atom. The standard InChI is InChI=1S/C17H25N3O4S/c1-13-5-7-14(8-6-13)25(23,24)18-16(22)20-11-9-19(10-12-20)15(21)17(2,3)4/h5-8H,9-12H2,1-4H3,(H,18,22). The molecule has 1 fully saturated rings. The van der Waals surface area contributed by atoms with Gasteiger partial charge in [0, 0.05) is 31.6 Å². The number of piperazine rings is 1. The fraction of sp³-hybridized carbons (Fsp3) is 0.529. The molecule has 2 rings (SSSR count). The second-order valence-corrected chi connectivity index (χ2v) is 8.94. The third-order valence-corrected chi connectivity index (χ3v) is 5.38. The summed E-state index contributed by atoms with van der Waals surface area (Å²) in [4.78, 5) is 27.7. The number of aryl methyl sites for hydroxylation is 1. The van der Waals surface area contributed by atoms with Crippen molar-refractivity contribution < 1.29 is 18.0 Å². The largest absolute Gasteiger partial charge is 0.339 e. The molecular formula is C17H25N3O4S. The Labute approximate surface area is 149 Å². The van der Waals surface area contributed by atoms with Crippen LogP contribution in [0.3, 0.4) is 0 Å². The van der Waals surface area contributed by atoms with Gasteiger partial charge in [0.2, 0.25) is 5.91 Å². The minimum atomic E-state index is -3.90. The molecule has 0 bridgehead atoms. The van der Waals surface area contributed by atoms with Crippen LogP contribution in [-0.4, -0.2) is 56.3 Å². The first kappa shape index (κ1) is 19.2. The highest BCUT2D eigenvalue weighted by Gasteiger charge is 2.31. The maximum atomic E-state index is 12.3. The molecule has 0 atom stereocenters. The Bertz CT molecular complexity index is 743. The molecule has 25 heavy (non-hydrogen) atoms. The summed E-state index contributed by atoms with van der Waals surface area (Å²) in [6, 6.07) is 5.62. The number of nitrogens with one attached hydrogen (secondary N) is 1. The summed E-state index contributed by atoms with van der Waals surface area (Å²) in [6.45, 7) is 8.80. The number of urea groups is 1. The van der Waals surface area contributed by atoms with E-state index in [2.05, 4.69) is 4.72 Å². The molecule has 0 unspecified atom stereocenters. The molecule has 1 N–H and O–H groups in total. The molecule has 0 aliphatic carbocycles. The van der Waals surface area contributed by atoms with Crippen molar-refractivity contribution in [2.45, 2.75) is 32.6 Å². The second-order valence-electron chi connectivity index (χ2n) is 7.25. The van der Waals surface area contributed by atoms with E-state index in [1.807, 2.05) is 27.7 Å². The van der Waals surface area contributed by atoms with Crippen LogP contribution < -0.4 is 4.72 Å². The Balaban J connectivity index is 1.97. The smallest absolute Gasteiger partial charge is 0.331 e. The van der Waals surface area contributed by atoms with Crippen molar-refractivity contribution in [3.63, 3.8) is 0 Å². The fourth-order valence-corrected chi connectivity index (χ4v) is 3.51. The summed E-state index contributed by atoms with van der Waals surface area (Å²) in [7, 11) is -3.90. The van der Waals surface area contributed by atoms with Gasteiger partial charge in [0.15, 0.2) is 0 Å². The van der Waals surface area contributed by atoms with Crippen LogP contribution in [0.15, 0.2) is 29.2 Å². The molecule has 0 radical (unpaired) electrons. The van der Waals surface area contributed by atoms with Gasteiger partial charge < -0.3 is 9.80 Å². The average molecular weight is 367 g/mol. The van der Waals surface area contributed by atoms with E-state index >= 15 is 0 Å². The molecule has 3 amide bonds. The van der Waals surface area contributed by atoms with Gasteiger partial charge in [0.25, 0.3) is 10.0 Å². The van der Waals surface area contributed by atoms with Gasteiger partial charge in [-0.25, -0.2) is 17.9 Å². The monoisotopic (exact) mass is 367 g/mol. The van der Waals surface area contributed by atoms with Gasteiger partial charge in [-0.1, -0.05) is 38.5 Å². The molecule has 1 aliphatic rings. The molecule has 1 saturated heterocycles. The van der Waals surface area contributed by atoms with Gasteiger partial charge in [-0.3, -0.25) is 4.79 Å². The van der Waals surface area contributed by atoms with E-state index in [1.54, 1.807) is 17.0 Å². The van der Waals surface area contributed by atoms with Crippen molar-refractivity contribution in [1.82, 2.24) is 14.5 Å². The number of sulfonamides is 1. The Morgan fingerprint density at radius 3 is 1.92 bits per heavy atom. The van der Waals surface area contributed by atoms with E-state index < -0.39 is 21.5 Å².